The van der Waals surface area contributed by atoms with Crippen molar-refractivity contribution in [1.29, 1.82) is 5.26 Å². The molecule has 2 aromatic rings. The lowest BCUT2D eigenvalue weighted by Gasteiger charge is -2.20. The quantitative estimate of drug-likeness (QED) is 0.801. The molecule has 5 heteroatoms. The van der Waals surface area contributed by atoms with E-state index in [0.29, 0.717) is 30.0 Å². The molecule has 0 aromatic heterocycles. The number of hydrogen-bond acceptors (Lipinski definition) is 4. The van der Waals surface area contributed by atoms with Gasteiger partial charge in [0.05, 0.1) is 23.3 Å². The van der Waals surface area contributed by atoms with Crippen LogP contribution in [0.25, 0.3) is 0 Å². The Hall–Kier alpha value is -2.84. The Labute approximate surface area is 153 Å². The van der Waals surface area contributed by atoms with E-state index in [-0.39, 0.29) is 12.0 Å². The molecule has 1 aliphatic heterocycles. The van der Waals surface area contributed by atoms with Crippen LogP contribution in [0.5, 0.6) is 5.75 Å². The summed E-state index contributed by atoms with van der Waals surface area (Å²) in [5, 5.41) is 8.87. The molecule has 0 aliphatic carbocycles. The second-order valence-corrected chi connectivity index (χ2v) is 6.41. The van der Waals surface area contributed by atoms with E-state index >= 15 is 0 Å². The van der Waals surface area contributed by atoms with Gasteiger partial charge in [0.25, 0.3) is 5.91 Å². The minimum atomic E-state index is -0.0997. The van der Waals surface area contributed by atoms with Gasteiger partial charge in [-0.05, 0) is 42.7 Å². The van der Waals surface area contributed by atoms with Crippen molar-refractivity contribution in [2.45, 2.75) is 25.5 Å². The maximum absolute atomic E-state index is 12.9. The van der Waals surface area contributed by atoms with Crippen LogP contribution in [0, 0.1) is 11.3 Å². The lowest BCUT2D eigenvalue weighted by molar-refractivity contribution is 0.0656. The van der Waals surface area contributed by atoms with E-state index in [1.165, 1.54) is 0 Å². The van der Waals surface area contributed by atoms with E-state index < -0.39 is 0 Å². The van der Waals surface area contributed by atoms with Crippen molar-refractivity contribution < 1.29 is 14.3 Å². The van der Waals surface area contributed by atoms with Crippen LogP contribution < -0.4 is 4.74 Å². The summed E-state index contributed by atoms with van der Waals surface area (Å²) < 4.78 is 11.4. The molecule has 1 unspecified atom stereocenters. The fourth-order valence-corrected chi connectivity index (χ4v) is 2.96. The van der Waals surface area contributed by atoms with E-state index in [1.807, 2.05) is 30.3 Å². The van der Waals surface area contributed by atoms with E-state index in [0.717, 1.165) is 25.0 Å². The number of para-hydroxylation sites is 1. The van der Waals surface area contributed by atoms with Gasteiger partial charge < -0.3 is 14.4 Å². The van der Waals surface area contributed by atoms with Gasteiger partial charge in [0.15, 0.2) is 0 Å². The molecule has 0 N–H and O–H groups in total. The summed E-state index contributed by atoms with van der Waals surface area (Å²) in [6, 6.07) is 16.6. The van der Waals surface area contributed by atoms with E-state index in [4.69, 9.17) is 14.7 Å². The number of carbonyl (C=O) groups is 1. The normalized spacial score (nSPS) is 16.1. The Bertz CT molecular complexity index is 790. The number of ether oxygens (including phenoxy) is 2. The first-order valence-electron chi connectivity index (χ1n) is 8.75. The fraction of sp³-hybridized carbons (Fsp3) is 0.333. The second-order valence-electron chi connectivity index (χ2n) is 6.41. The molecule has 0 spiro atoms. The van der Waals surface area contributed by atoms with Gasteiger partial charge in [-0.15, -0.1) is 0 Å². The topological polar surface area (TPSA) is 62.6 Å². The molecule has 1 fully saturated rings. The van der Waals surface area contributed by atoms with E-state index in [2.05, 4.69) is 6.07 Å². The molecular formula is C21H22N2O3. The summed E-state index contributed by atoms with van der Waals surface area (Å²) in [6.45, 7) is 1.70. The van der Waals surface area contributed by atoms with Crippen molar-refractivity contribution >= 4 is 5.91 Å². The van der Waals surface area contributed by atoms with Crippen LogP contribution in [-0.4, -0.2) is 37.2 Å². The molecule has 1 saturated heterocycles. The highest BCUT2D eigenvalue weighted by atomic mass is 16.5. The lowest BCUT2D eigenvalue weighted by Crippen LogP contribution is -2.27. The van der Waals surface area contributed by atoms with Gasteiger partial charge in [0.1, 0.15) is 12.4 Å². The Morgan fingerprint density at radius 2 is 2.04 bits per heavy atom. The monoisotopic (exact) mass is 350 g/mol. The molecule has 134 valence electrons. The van der Waals surface area contributed by atoms with Crippen molar-refractivity contribution in [2.75, 3.05) is 20.3 Å². The van der Waals surface area contributed by atoms with Gasteiger partial charge in [0.2, 0.25) is 0 Å². The molecule has 3 rings (SSSR count). The van der Waals surface area contributed by atoms with Gasteiger partial charge in [-0.2, -0.15) is 5.26 Å². The van der Waals surface area contributed by atoms with Crippen molar-refractivity contribution in [3.05, 3.63) is 65.2 Å². The zero-order valence-electron chi connectivity index (χ0n) is 14.9. The first-order chi connectivity index (χ1) is 12.7. The maximum Gasteiger partial charge on any atom is 0.257 e. The molecular weight excluding hydrogens is 328 g/mol. The fourth-order valence-electron chi connectivity index (χ4n) is 2.96. The molecule has 1 atom stereocenters. The minimum Gasteiger partial charge on any atom is -0.490 e. The molecule has 26 heavy (non-hydrogen) atoms. The zero-order chi connectivity index (χ0) is 18.4. The van der Waals surface area contributed by atoms with Crippen LogP contribution in [-0.2, 0) is 11.3 Å². The minimum absolute atomic E-state index is 0.0997. The molecule has 0 radical (unpaired) electrons. The Kier molecular flexibility index (Phi) is 5.88. The standard InChI is InChI=1S/C21H22N2O3/c1-23(14-17-10-8-16(13-22)9-11-17)21(24)19-6-2-3-7-20(19)26-15-18-5-4-12-25-18/h2-3,6-11,18H,4-5,12,14-15H2,1H3. The van der Waals surface area contributed by atoms with Crippen LogP contribution in [0.1, 0.15) is 34.3 Å². The summed E-state index contributed by atoms with van der Waals surface area (Å²) in [5.74, 6) is 0.483. The van der Waals surface area contributed by atoms with Gasteiger partial charge in [0, 0.05) is 20.2 Å². The first-order valence-corrected chi connectivity index (χ1v) is 8.75. The van der Waals surface area contributed by atoms with E-state index in [9.17, 15) is 4.79 Å². The SMILES string of the molecule is CN(Cc1ccc(C#N)cc1)C(=O)c1ccccc1OCC1CCCO1. The van der Waals surface area contributed by atoms with Crippen LogP contribution in [0.15, 0.2) is 48.5 Å². The highest BCUT2D eigenvalue weighted by Gasteiger charge is 2.20. The smallest absolute Gasteiger partial charge is 0.257 e. The van der Waals surface area contributed by atoms with Crippen molar-refractivity contribution in [1.82, 2.24) is 4.90 Å². The van der Waals surface area contributed by atoms with Crippen molar-refractivity contribution in [3.63, 3.8) is 0 Å². The molecule has 1 amide bonds. The van der Waals surface area contributed by atoms with Crippen LogP contribution in [0.2, 0.25) is 0 Å². The zero-order valence-corrected chi connectivity index (χ0v) is 14.9. The number of nitriles is 1. The van der Waals surface area contributed by atoms with Crippen LogP contribution >= 0.6 is 0 Å². The summed E-state index contributed by atoms with van der Waals surface area (Å²) in [6.07, 6.45) is 2.16. The number of rotatable bonds is 6. The van der Waals surface area contributed by atoms with Crippen molar-refractivity contribution in [3.8, 4) is 11.8 Å². The number of amides is 1. The molecule has 0 bridgehead atoms. The summed E-state index contributed by atoms with van der Waals surface area (Å²) >= 11 is 0. The lowest BCUT2D eigenvalue weighted by atomic mass is 10.1. The molecule has 2 aromatic carbocycles. The Balaban J connectivity index is 1.66. The predicted molar refractivity (Wildman–Crippen MR) is 97.9 cm³/mol. The largest absolute Gasteiger partial charge is 0.490 e. The Morgan fingerprint density at radius 3 is 2.73 bits per heavy atom. The number of carbonyl (C=O) groups excluding carboxylic acids is 1. The highest BCUT2D eigenvalue weighted by molar-refractivity contribution is 5.96. The van der Waals surface area contributed by atoms with Gasteiger partial charge in [-0.25, -0.2) is 0 Å². The average Bonchev–Trinajstić information content (AvgIpc) is 3.20. The number of nitrogens with zero attached hydrogens (tertiary/aromatic N) is 2. The third kappa shape index (κ3) is 4.41. The van der Waals surface area contributed by atoms with Crippen LogP contribution in [0.4, 0.5) is 0 Å². The van der Waals surface area contributed by atoms with Gasteiger partial charge in [-0.1, -0.05) is 24.3 Å². The Morgan fingerprint density at radius 1 is 1.27 bits per heavy atom. The van der Waals surface area contributed by atoms with Crippen molar-refractivity contribution in [2.24, 2.45) is 0 Å². The second kappa shape index (κ2) is 8.50. The van der Waals surface area contributed by atoms with Gasteiger partial charge >= 0.3 is 0 Å². The number of hydrogen-bond donors (Lipinski definition) is 0. The third-order valence-electron chi connectivity index (χ3n) is 4.42. The molecule has 1 heterocycles. The summed E-state index contributed by atoms with van der Waals surface area (Å²) in [7, 11) is 1.76. The van der Waals surface area contributed by atoms with Crippen LogP contribution in [0.3, 0.4) is 0 Å². The first kappa shape index (κ1) is 18.0. The third-order valence-corrected chi connectivity index (χ3v) is 4.42. The van der Waals surface area contributed by atoms with Gasteiger partial charge in [-0.3, -0.25) is 4.79 Å². The average molecular weight is 350 g/mol. The molecule has 5 nitrogen and oxygen atoms in total. The number of benzene rings is 2. The molecule has 1 aliphatic rings. The highest BCUT2D eigenvalue weighted by Crippen LogP contribution is 2.22. The maximum atomic E-state index is 12.9. The van der Waals surface area contributed by atoms with E-state index in [1.54, 1.807) is 30.1 Å². The predicted octanol–water partition coefficient (Wildman–Crippen LogP) is 3.39. The summed E-state index contributed by atoms with van der Waals surface area (Å²) in [5.41, 5.74) is 2.12. The molecule has 0 saturated carbocycles. The summed E-state index contributed by atoms with van der Waals surface area (Å²) in [4.78, 5) is 14.5.